The zero-order valence-corrected chi connectivity index (χ0v) is 10.4. The van der Waals surface area contributed by atoms with Gasteiger partial charge >= 0.3 is 5.97 Å². The second kappa shape index (κ2) is 8.10. The minimum absolute atomic E-state index is 0.0133. The van der Waals surface area contributed by atoms with E-state index >= 15 is 0 Å². The van der Waals surface area contributed by atoms with Crippen LogP contribution in [0.25, 0.3) is 0 Å². The van der Waals surface area contributed by atoms with E-state index in [-0.39, 0.29) is 26.1 Å². The normalized spacial score (nSPS) is 11.6. The first-order chi connectivity index (χ1) is 9.13. The van der Waals surface area contributed by atoms with E-state index in [2.05, 4.69) is 5.32 Å². The molecule has 1 unspecified atom stereocenters. The predicted molar refractivity (Wildman–Crippen MR) is 67.8 cm³/mol. The Bertz CT molecular complexity index is 407. The van der Waals surface area contributed by atoms with Gasteiger partial charge in [-0.2, -0.15) is 0 Å². The van der Waals surface area contributed by atoms with Crippen molar-refractivity contribution in [2.75, 3.05) is 13.2 Å². The van der Waals surface area contributed by atoms with Gasteiger partial charge in [-0.05, 0) is 12.1 Å². The van der Waals surface area contributed by atoms with Crippen molar-refractivity contribution >= 4 is 11.9 Å². The molecule has 0 saturated heterocycles. The molecule has 1 rings (SSSR count). The van der Waals surface area contributed by atoms with Crippen LogP contribution in [0.5, 0.6) is 5.75 Å². The molecule has 0 aromatic heterocycles. The van der Waals surface area contributed by atoms with Gasteiger partial charge in [0.15, 0.2) is 0 Å². The van der Waals surface area contributed by atoms with E-state index in [9.17, 15) is 9.59 Å². The van der Waals surface area contributed by atoms with Gasteiger partial charge in [-0.3, -0.25) is 4.79 Å². The summed E-state index contributed by atoms with van der Waals surface area (Å²) >= 11 is 0. The van der Waals surface area contributed by atoms with E-state index in [1.807, 2.05) is 18.2 Å². The molecule has 0 saturated carbocycles. The molecule has 6 nitrogen and oxygen atoms in total. The van der Waals surface area contributed by atoms with Crippen LogP contribution in [-0.4, -0.2) is 41.3 Å². The molecular formula is C13H17NO5. The molecule has 1 aromatic carbocycles. The molecule has 0 aliphatic heterocycles. The highest BCUT2D eigenvalue weighted by Crippen LogP contribution is 2.08. The molecule has 0 spiro atoms. The topological polar surface area (TPSA) is 95.9 Å². The average molecular weight is 267 g/mol. The second-order valence-corrected chi connectivity index (χ2v) is 3.88. The van der Waals surface area contributed by atoms with Crippen LogP contribution in [0.1, 0.15) is 12.8 Å². The van der Waals surface area contributed by atoms with Gasteiger partial charge in [0.1, 0.15) is 11.8 Å². The number of aliphatic carboxylic acids is 1. The minimum Gasteiger partial charge on any atom is -0.493 e. The first-order valence-corrected chi connectivity index (χ1v) is 5.94. The summed E-state index contributed by atoms with van der Waals surface area (Å²) in [6, 6.07) is 7.96. The lowest BCUT2D eigenvalue weighted by molar-refractivity contribution is -0.142. The summed E-state index contributed by atoms with van der Waals surface area (Å²) in [5.41, 5.74) is 0. The third-order valence-electron chi connectivity index (χ3n) is 2.39. The highest BCUT2D eigenvalue weighted by molar-refractivity contribution is 5.83. The molecule has 3 N–H and O–H groups in total. The lowest BCUT2D eigenvalue weighted by Gasteiger charge is -2.13. The molecule has 0 bridgehead atoms. The summed E-state index contributed by atoms with van der Waals surface area (Å²) in [6.07, 6.45) is 0.0463. The van der Waals surface area contributed by atoms with Gasteiger partial charge in [0.2, 0.25) is 5.91 Å². The fourth-order valence-electron chi connectivity index (χ4n) is 1.43. The number of benzene rings is 1. The third kappa shape index (κ3) is 5.87. The smallest absolute Gasteiger partial charge is 0.326 e. The number of hydrogen-bond acceptors (Lipinski definition) is 4. The van der Waals surface area contributed by atoms with Crippen LogP contribution in [0.3, 0.4) is 0 Å². The molecular weight excluding hydrogens is 250 g/mol. The maximum Gasteiger partial charge on any atom is 0.326 e. The Morgan fingerprint density at radius 2 is 1.95 bits per heavy atom. The SMILES string of the molecule is O=C(CCOc1ccccc1)NC(CCO)C(=O)O. The quantitative estimate of drug-likeness (QED) is 0.634. The minimum atomic E-state index is -1.16. The molecule has 1 amide bonds. The van der Waals surface area contributed by atoms with Crippen molar-refractivity contribution in [2.24, 2.45) is 0 Å². The van der Waals surface area contributed by atoms with Crippen molar-refractivity contribution in [2.45, 2.75) is 18.9 Å². The number of carbonyl (C=O) groups is 2. The van der Waals surface area contributed by atoms with Gasteiger partial charge in [0.25, 0.3) is 0 Å². The first-order valence-electron chi connectivity index (χ1n) is 5.94. The highest BCUT2D eigenvalue weighted by atomic mass is 16.5. The fourth-order valence-corrected chi connectivity index (χ4v) is 1.43. The first kappa shape index (κ1) is 15.0. The Labute approximate surface area is 111 Å². The van der Waals surface area contributed by atoms with Crippen LogP contribution in [0, 0.1) is 0 Å². The Morgan fingerprint density at radius 3 is 2.53 bits per heavy atom. The molecule has 0 aliphatic carbocycles. The molecule has 0 aliphatic rings. The summed E-state index contributed by atoms with van der Waals surface area (Å²) in [6.45, 7) is -0.126. The maximum atomic E-state index is 11.5. The highest BCUT2D eigenvalue weighted by Gasteiger charge is 2.18. The van der Waals surface area contributed by atoms with E-state index in [0.717, 1.165) is 0 Å². The Kier molecular flexibility index (Phi) is 6.38. The molecule has 104 valence electrons. The monoisotopic (exact) mass is 267 g/mol. The number of nitrogens with one attached hydrogen (secondary N) is 1. The zero-order valence-electron chi connectivity index (χ0n) is 10.4. The summed E-state index contributed by atoms with van der Waals surface area (Å²) in [5.74, 6) is -0.927. The summed E-state index contributed by atoms with van der Waals surface area (Å²) in [7, 11) is 0. The number of ether oxygens (including phenoxy) is 1. The summed E-state index contributed by atoms with van der Waals surface area (Å²) < 4.78 is 5.32. The van der Waals surface area contributed by atoms with Crippen molar-refractivity contribution in [1.82, 2.24) is 5.32 Å². The van der Waals surface area contributed by atoms with Crippen LogP contribution < -0.4 is 10.1 Å². The van der Waals surface area contributed by atoms with Crippen LogP contribution in [0.15, 0.2) is 30.3 Å². The molecule has 1 aromatic rings. The van der Waals surface area contributed by atoms with Crippen molar-refractivity contribution in [3.63, 3.8) is 0 Å². The van der Waals surface area contributed by atoms with Crippen molar-refractivity contribution in [1.29, 1.82) is 0 Å². The number of carbonyl (C=O) groups excluding carboxylic acids is 1. The van der Waals surface area contributed by atoms with Crippen molar-refractivity contribution in [3.8, 4) is 5.75 Å². The van der Waals surface area contributed by atoms with E-state index < -0.39 is 17.9 Å². The fraction of sp³-hybridized carbons (Fsp3) is 0.385. The van der Waals surface area contributed by atoms with Crippen LogP contribution in [-0.2, 0) is 9.59 Å². The Morgan fingerprint density at radius 1 is 1.26 bits per heavy atom. The summed E-state index contributed by atoms with van der Waals surface area (Å²) in [4.78, 5) is 22.2. The van der Waals surface area contributed by atoms with Crippen LogP contribution >= 0.6 is 0 Å². The predicted octanol–water partition coefficient (Wildman–Crippen LogP) is 0.407. The van der Waals surface area contributed by atoms with Crippen molar-refractivity contribution in [3.05, 3.63) is 30.3 Å². The molecule has 0 radical (unpaired) electrons. The van der Waals surface area contributed by atoms with Gasteiger partial charge in [-0.25, -0.2) is 4.79 Å². The third-order valence-corrected chi connectivity index (χ3v) is 2.39. The Hall–Kier alpha value is -2.08. The van der Waals surface area contributed by atoms with E-state index in [0.29, 0.717) is 5.75 Å². The molecule has 0 heterocycles. The van der Waals surface area contributed by atoms with Gasteiger partial charge in [-0.1, -0.05) is 18.2 Å². The van der Waals surface area contributed by atoms with Crippen LogP contribution in [0.4, 0.5) is 0 Å². The lowest BCUT2D eigenvalue weighted by Crippen LogP contribution is -2.41. The number of rotatable bonds is 8. The number of amides is 1. The van der Waals surface area contributed by atoms with E-state index in [1.165, 1.54) is 0 Å². The van der Waals surface area contributed by atoms with Gasteiger partial charge in [0.05, 0.1) is 13.0 Å². The second-order valence-electron chi connectivity index (χ2n) is 3.88. The van der Waals surface area contributed by atoms with Gasteiger partial charge in [-0.15, -0.1) is 0 Å². The van der Waals surface area contributed by atoms with E-state index in [1.54, 1.807) is 12.1 Å². The average Bonchev–Trinajstić information content (AvgIpc) is 2.39. The molecule has 6 heteroatoms. The molecule has 19 heavy (non-hydrogen) atoms. The number of aliphatic hydroxyl groups excluding tert-OH is 1. The van der Waals surface area contributed by atoms with Crippen molar-refractivity contribution < 1.29 is 24.5 Å². The van der Waals surface area contributed by atoms with Gasteiger partial charge < -0.3 is 20.3 Å². The number of carboxylic acids is 1. The molecule has 1 atom stereocenters. The van der Waals surface area contributed by atoms with Gasteiger partial charge in [0, 0.05) is 13.0 Å². The number of carboxylic acid groups (broad SMARTS) is 1. The molecule has 0 fully saturated rings. The standard InChI is InChI=1S/C13H17NO5/c15-8-6-11(13(17)18)14-12(16)7-9-19-10-4-2-1-3-5-10/h1-5,11,15H,6-9H2,(H,14,16)(H,17,18). The largest absolute Gasteiger partial charge is 0.493 e. The Balaban J connectivity index is 2.29. The number of para-hydroxylation sites is 1. The lowest BCUT2D eigenvalue weighted by atomic mass is 10.2. The van der Waals surface area contributed by atoms with E-state index in [4.69, 9.17) is 14.9 Å². The number of aliphatic hydroxyl groups is 1. The number of hydrogen-bond donors (Lipinski definition) is 3. The zero-order chi connectivity index (χ0) is 14.1. The van der Waals surface area contributed by atoms with Crippen LogP contribution in [0.2, 0.25) is 0 Å². The maximum absolute atomic E-state index is 11.5. The summed E-state index contributed by atoms with van der Waals surface area (Å²) in [5, 5.41) is 19.8.